The van der Waals surface area contributed by atoms with Crippen LogP contribution in [0, 0.1) is 0 Å². The van der Waals surface area contributed by atoms with Crippen LogP contribution in [0.5, 0.6) is 0 Å². The van der Waals surface area contributed by atoms with Gasteiger partial charge in [-0.25, -0.2) is 0 Å². The summed E-state index contributed by atoms with van der Waals surface area (Å²) in [4.78, 5) is 4.79. The topological polar surface area (TPSA) is 6.48 Å². The molecule has 0 spiro atoms. The molecule has 0 heterocycles. The second-order valence-corrected chi connectivity index (χ2v) is 17.6. The summed E-state index contributed by atoms with van der Waals surface area (Å²) >= 11 is 0. The van der Waals surface area contributed by atoms with Crippen molar-refractivity contribution in [1.82, 2.24) is 0 Å². The maximum atomic E-state index is 2.39. The summed E-state index contributed by atoms with van der Waals surface area (Å²) in [6.45, 7) is 0. The summed E-state index contributed by atoms with van der Waals surface area (Å²) in [6.07, 6.45) is 0. The lowest BCUT2D eigenvalue weighted by Gasteiger charge is -2.29. The highest BCUT2D eigenvalue weighted by molar-refractivity contribution is 6.07. The van der Waals surface area contributed by atoms with Crippen LogP contribution in [0.3, 0.4) is 0 Å². The molecule has 2 nitrogen and oxygen atoms in total. The molecule has 0 bridgehead atoms. The molecule has 0 saturated carbocycles. The summed E-state index contributed by atoms with van der Waals surface area (Å²) < 4.78 is 0. The van der Waals surface area contributed by atoms with E-state index in [0.717, 1.165) is 45.3 Å². The lowest BCUT2D eigenvalue weighted by molar-refractivity contribution is 1.29. The standard InChI is InChI=1S/C68H48N2/c1-5-23-53(24-6-1)67-61-33-15-13-21-49(61)41-47-65(67)69(55-27-9-3-10-28-55)57-43-37-51(38-44-57)59-31-17-19-35-63(59)64-36-20-18-32-60(64)52-39-45-58(46-40-52)70(56-29-11-4-12-30-56)66-48-42-50-22-14-16-34-62(50)68(66)54-25-7-2-8-26-54/h1-48H. The van der Waals surface area contributed by atoms with E-state index in [2.05, 4.69) is 301 Å². The Morgan fingerprint density at radius 1 is 0.186 bits per heavy atom. The van der Waals surface area contributed by atoms with E-state index in [1.54, 1.807) is 0 Å². The quantitative estimate of drug-likeness (QED) is 0.128. The number of anilines is 6. The lowest BCUT2D eigenvalue weighted by Crippen LogP contribution is -2.11. The van der Waals surface area contributed by atoms with Crippen LogP contribution in [0.25, 0.3) is 77.2 Å². The first-order chi connectivity index (χ1) is 34.8. The second kappa shape index (κ2) is 18.8. The maximum Gasteiger partial charge on any atom is 0.0546 e. The van der Waals surface area contributed by atoms with Crippen molar-refractivity contribution in [3.05, 3.63) is 291 Å². The van der Waals surface area contributed by atoms with Gasteiger partial charge < -0.3 is 9.80 Å². The Bertz CT molecular complexity index is 3490. The minimum Gasteiger partial charge on any atom is -0.310 e. The van der Waals surface area contributed by atoms with Gasteiger partial charge in [0.2, 0.25) is 0 Å². The van der Waals surface area contributed by atoms with E-state index in [1.165, 1.54) is 66.1 Å². The van der Waals surface area contributed by atoms with Gasteiger partial charge in [0.1, 0.15) is 0 Å². The number of para-hydroxylation sites is 2. The van der Waals surface area contributed by atoms with Crippen molar-refractivity contribution in [3.63, 3.8) is 0 Å². The third-order valence-corrected chi connectivity index (χ3v) is 13.5. The number of fused-ring (bicyclic) bond motifs is 2. The molecule has 330 valence electrons. The number of hydrogen-bond acceptors (Lipinski definition) is 2. The van der Waals surface area contributed by atoms with Crippen molar-refractivity contribution in [2.45, 2.75) is 0 Å². The maximum absolute atomic E-state index is 2.39. The van der Waals surface area contributed by atoms with E-state index in [-0.39, 0.29) is 0 Å². The van der Waals surface area contributed by atoms with E-state index >= 15 is 0 Å². The van der Waals surface area contributed by atoms with Crippen molar-refractivity contribution in [3.8, 4) is 55.6 Å². The first-order valence-corrected chi connectivity index (χ1v) is 24.0. The van der Waals surface area contributed by atoms with Crippen LogP contribution < -0.4 is 9.80 Å². The zero-order valence-corrected chi connectivity index (χ0v) is 38.6. The van der Waals surface area contributed by atoms with Gasteiger partial charge in [0.05, 0.1) is 11.4 Å². The van der Waals surface area contributed by atoms with Crippen molar-refractivity contribution in [1.29, 1.82) is 0 Å². The molecule has 0 unspecified atom stereocenters. The van der Waals surface area contributed by atoms with Crippen LogP contribution in [0.15, 0.2) is 291 Å². The van der Waals surface area contributed by atoms with Crippen LogP contribution in [0.4, 0.5) is 34.1 Å². The van der Waals surface area contributed by atoms with Gasteiger partial charge in [-0.15, -0.1) is 0 Å². The van der Waals surface area contributed by atoms with Gasteiger partial charge in [-0.05, 0) is 127 Å². The highest BCUT2D eigenvalue weighted by Crippen LogP contribution is 2.47. The lowest BCUT2D eigenvalue weighted by atomic mass is 9.89. The average Bonchev–Trinajstić information content (AvgIpc) is 3.44. The minimum absolute atomic E-state index is 1.09. The molecule has 12 aromatic rings. The fraction of sp³-hybridized carbons (Fsp3) is 0. The Morgan fingerprint density at radius 2 is 0.486 bits per heavy atom. The van der Waals surface area contributed by atoms with Crippen molar-refractivity contribution >= 4 is 55.7 Å². The summed E-state index contributed by atoms with van der Waals surface area (Å²) in [7, 11) is 0. The molecule has 0 aliphatic rings. The van der Waals surface area contributed by atoms with Crippen LogP contribution >= 0.6 is 0 Å². The molecule has 0 aliphatic carbocycles. The Morgan fingerprint density at radius 3 is 0.871 bits per heavy atom. The highest BCUT2D eigenvalue weighted by atomic mass is 15.1. The van der Waals surface area contributed by atoms with E-state index < -0.39 is 0 Å². The summed E-state index contributed by atoms with van der Waals surface area (Å²) in [5.74, 6) is 0. The number of benzene rings is 12. The van der Waals surface area contributed by atoms with E-state index in [0.29, 0.717) is 0 Å². The largest absolute Gasteiger partial charge is 0.310 e. The molecule has 0 N–H and O–H groups in total. The van der Waals surface area contributed by atoms with Crippen molar-refractivity contribution < 1.29 is 0 Å². The predicted molar refractivity (Wildman–Crippen MR) is 298 cm³/mol. The summed E-state index contributed by atoms with van der Waals surface area (Å²) in [6, 6.07) is 105. The van der Waals surface area contributed by atoms with E-state index in [9.17, 15) is 0 Å². The van der Waals surface area contributed by atoms with Gasteiger partial charge in [0, 0.05) is 33.9 Å². The monoisotopic (exact) mass is 892 g/mol. The molecule has 0 aliphatic heterocycles. The average molecular weight is 893 g/mol. The molecule has 70 heavy (non-hydrogen) atoms. The predicted octanol–water partition coefficient (Wildman–Crippen LogP) is 19.3. The first-order valence-electron chi connectivity index (χ1n) is 24.0. The number of hydrogen-bond donors (Lipinski definition) is 0. The van der Waals surface area contributed by atoms with Gasteiger partial charge in [0.25, 0.3) is 0 Å². The Balaban J connectivity index is 0.925. The van der Waals surface area contributed by atoms with Gasteiger partial charge in [0.15, 0.2) is 0 Å². The smallest absolute Gasteiger partial charge is 0.0546 e. The van der Waals surface area contributed by atoms with E-state index in [4.69, 9.17) is 0 Å². The van der Waals surface area contributed by atoms with Gasteiger partial charge in [-0.3, -0.25) is 0 Å². The van der Waals surface area contributed by atoms with Crippen LogP contribution in [0.2, 0.25) is 0 Å². The Labute approximate surface area is 410 Å². The molecule has 0 radical (unpaired) electrons. The van der Waals surface area contributed by atoms with Crippen molar-refractivity contribution in [2.24, 2.45) is 0 Å². The first kappa shape index (κ1) is 42.1. The Hall–Kier alpha value is -9.24. The van der Waals surface area contributed by atoms with E-state index in [1.807, 2.05) is 0 Å². The van der Waals surface area contributed by atoms with Gasteiger partial charge in [-0.1, -0.05) is 231 Å². The third kappa shape index (κ3) is 7.98. The SMILES string of the molecule is c1ccc(-c2c(N(c3ccccc3)c3ccc(-c4ccccc4-c4ccccc4-c4ccc(N(c5ccccc5)c5ccc6ccccc6c5-c5ccccc5)cc4)cc3)ccc3ccccc23)cc1. The minimum atomic E-state index is 1.09. The van der Waals surface area contributed by atoms with Crippen LogP contribution in [-0.2, 0) is 0 Å². The number of rotatable bonds is 11. The second-order valence-electron chi connectivity index (χ2n) is 17.6. The fourth-order valence-electron chi connectivity index (χ4n) is 10.2. The molecule has 2 heteroatoms. The van der Waals surface area contributed by atoms with Crippen molar-refractivity contribution in [2.75, 3.05) is 9.80 Å². The van der Waals surface area contributed by atoms with Gasteiger partial charge >= 0.3 is 0 Å². The van der Waals surface area contributed by atoms with Crippen LogP contribution in [0.1, 0.15) is 0 Å². The highest BCUT2D eigenvalue weighted by Gasteiger charge is 2.22. The molecule has 12 rings (SSSR count). The number of nitrogens with zero attached hydrogens (tertiary/aromatic N) is 2. The zero-order valence-electron chi connectivity index (χ0n) is 38.6. The molecule has 0 aromatic heterocycles. The molecule has 0 amide bonds. The summed E-state index contributed by atoms with van der Waals surface area (Å²) in [5, 5.41) is 4.88. The van der Waals surface area contributed by atoms with Crippen LogP contribution in [-0.4, -0.2) is 0 Å². The fourth-order valence-corrected chi connectivity index (χ4v) is 10.2. The van der Waals surface area contributed by atoms with Gasteiger partial charge in [-0.2, -0.15) is 0 Å². The molecular weight excluding hydrogens is 845 g/mol. The molecule has 0 saturated heterocycles. The molecule has 0 atom stereocenters. The third-order valence-electron chi connectivity index (χ3n) is 13.5. The molecular formula is C68H48N2. The molecule has 0 fully saturated rings. The summed E-state index contributed by atoms with van der Waals surface area (Å²) in [5.41, 5.74) is 18.5. The normalized spacial score (nSPS) is 11.1. The Kier molecular flexibility index (Phi) is 11.3. The molecule has 12 aromatic carbocycles. The zero-order chi connectivity index (χ0) is 46.6.